The first kappa shape index (κ1) is 16.0. The Morgan fingerprint density at radius 1 is 1.04 bits per heavy atom. The van der Waals surface area contributed by atoms with Crippen molar-refractivity contribution in [3.8, 4) is 11.3 Å². The monoisotopic (exact) mass is 328 g/mol. The molecule has 0 saturated carbocycles. The quantitative estimate of drug-likeness (QED) is 0.727. The highest BCUT2D eigenvalue weighted by atomic mass is 16.5. The molecule has 0 aliphatic carbocycles. The van der Waals surface area contributed by atoms with Gasteiger partial charge in [0.15, 0.2) is 5.52 Å². The lowest BCUT2D eigenvalue weighted by Gasteiger charge is -2.10. The van der Waals surface area contributed by atoms with Crippen LogP contribution >= 0.6 is 0 Å². The van der Waals surface area contributed by atoms with Gasteiger partial charge in [-0.25, -0.2) is 4.79 Å². The molecule has 126 valence electrons. The van der Waals surface area contributed by atoms with Crippen LogP contribution in [0.4, 0.5) is 0 Å². The third kappa shape index (κ3) is 2.42. The molecule has 0 radical (unpaired) electrons. The molecular weight excluding hydrogens is 308 g/mol. The van der Waals surface area contributed by atoms with E-state index in [9.17, 15) is 14.8 Å². The van der Waals surface area contributed by atoms with E-state index in [-0.39, 0.29) is 11.2 Å². The van der Waals surface area contributed by atoms with Gasteiger partial charge in [0.05, 0.1) is 11.2 Å². The van der Waals surface area contributed by atoms with Crippen LogP contribution in [0.1, 0.15) is 26.7 Å². The number of rotatable bonds is 5. The molecule has 0 aliphatic rings. The van der Waals surface area contributed by atoms with E-state index in [0.29, 0.717) is 30.7 Å². The Labute approximate surface area is 138 Å². The van der Waals surface area contributed by atoms with Crippen molar-refractivity contribution in [1.82, 2.24) is 18.8 Å². The summed E-state index contributed by atoms with van der Waals surface area (Å²) in [4.78, 5) is 29.3. The molecule has 0 unspecified atom stereocenters. The molecule has 0 saturated heterocycles. The lowest BCUT2D eigenvalue weighted by molar-refractivity contribution is 0.203. The van der Waals surface area contributed by atoms with E-state index >= 15 is 0 Å². The Kier molecular flexibility index (Phi) is 4.24. The summed E-state index contributed by atoms with van der Waals surface area (Å²) in [6.45, 7) is 4.68. The fourth-order valence-corrected chi connectivity index (χ4v) is 2.95. The van der Waals surface area contributed by atoms with Crippen LogP contribution < -0.4 is 11.2 Å². The van der Waals surface area contributed by atoms with E-state index in [4.69, 9.17) is 0 Å². The molecule has 0 aromatic carbocycles. The highest BCUT2D eigenvalue weighted by Crippen LogP contribution is 2.24. The van der Waals surface area contributed by atoms with Crippen molar-refractivity contribution in [3.05, 3.63) is 51.4 Å². The second-order valence-corrected chi connectivity index (χ2v) is 5.70. The fraction of sp³-hybridized carbons (Fsp3) is 0.353. The lowest BCUT2D eigenvalue weighted by Crippen LogP contribution is -2.40. The zero-order valence-corrected chi connectivity index (χ0v) is 13.8. The number of pyridine rings is 1. The number of nitrogens with zero attached hydrogens (tertiary/aromatic N) is 4. The molecule has 7 heteroatoms. The Balaban J connectivity index is 2.41. The van der Waals surface area contributed by atoms with Gasteiger partial charge in [-0.15, -0.1) is 0 Å². The van der Waals surface area contributed by atoms with Crippen LogP contribution in [0.2, 0.25) is 0 Å². The van der Waals surface area contributed by atoms with Gasteiger partial charge in [-0.3, -0.25) is 18.9 Å². The molecule has 1 N–H and O–H groups in total. The number of aryl methyl sites for hydroxylation is 1. The molecule has 3 aromatic rings. The minimum atomic E-state index is -0.466. The summed E-state index contributed by atoms with van der Waals surface area (Å²) >= 11 is 0. The normalized spacial score (nSPS) is 11.2. The van der Waals surface area contributed by atoms with Crippen molar-refractivity contribution in [3.63, 3.8) is 0 Å². The van der Waals surface area contributed by atoms with Crippen molar-refractivity contribution in [1.29, 1.82) is 0 Å². The van der Waals surface area contributed by atoms with Crippen molar-refractivity contribution in [2.24, 2.45) is 0 Å². The highest BCUT2D eigenvalue weighted by Gasteiger charge is 2.20. The first-order valence-corrected chi connectivity index (χ1v) is 8.08. The molecule has 0 aliphatic heterocycles. The average Bonchev–Trinajstić information content (AvgIpc) is 2.94. The SMILES string of the molecule is CCCn1c(=O)c2c(cc(-c3ccncc3)n2O)n(CCC)c1=O. The van der Waals surface area contributed by atoms with E-state index < -0.39 is 5.56 Å². The second-order valence-electron chi connectivity index (χ2n) is 5.70. The standard InChI is InChI=1S/C17H20N4O3/c1-3-9-19-14-11-13(12-5-7-18-8-6-12)21(24)15(14)16(22)20(10-4-2)17(19)23/h5-8,11,24H,3-4,9-10H2,1-2H3. The first-order chi connectivity index (χ1) is 11.6. The third-order valence-corrected chi connectivity index (χ3v) is 4.03. The molecule has 3 rings (SSSR count). The van der Waals surface area contributed by atoms with Crippen LogP contribution in [-0.4, -0.2) is 24.1 Å². The van der Waals surface area contributed by atoms with Crippen LogP contribution in [0.5, 0.6) is 0 Å². The maximum atomic E-state index is 12.7. The van der Waals surface area contributed by atoms with Crippen molar-refractivity contribution < 1.29 is 5.21 Å². The van der Waals surface area contributed by atoms with Gasteiger partial charge < -0.3 is 5.21 Å². The molecule has 0 amide bonds. The van der Waals surface area contributed by atoms with Gasteiger partial charge in [-0.1, -0.05) is 13.8 Å². The Hall–Kier alpha value is -2.83. The average molecular weight is 328 g/mol. The molecule has 24 heavy (non-hydrogen) atoms. The minimum Gasteiger partial charge on any atom is -0.428 e. The van der Waals surface area contributed by atoms with E-state index in [1.54, 1.807) is 35.2 Å². The van der Waals surface area contributed by atoms with Gasteiger partial charge in [0.1, 0.15) is 0 Å². The molecule has 0 spiro atoms. The van der Waals surface area contributed by atoms with E-state index in [1.807, 2.05) is 13.8 Å². The van der Waals surface area contributed by atoms with Crippen LogP contribution in [0, 0.1) is 0 Å². The third-order valence-electron chi connectivity index (χ3n) is 4.03. The zero-order chi connectivity index (χ0) is 17.3. The summed E-state index contributed by atoms with van der Waals surface area (Å²) in [5.74, 6) is 0. The largest absolute Gasteiger partial charge is 0.428 e. The van der Waals surface area contributed by atoms with Gasteiger partial charge in [0, 0.05) is 31.0 Å². The van der Waals surface area contributed by atoms with E-state index in [2.05, 4.69) is 4.98 Å². The topological polar surface area (TPSA) is 82.0 Å². The van der Waals surface area contributed by atoms with Crippen LogP contribution in [0.15, 0.2) is 40.2 Å². The summed E-state index contributed by atoms with van der Waals surface area (Å²) in [6, 6.07) is 5.17. The molecule has 3 heterocycles. The molecule has 0 fully saturated rings. The number of hydrogen-bond donors (Lipinski definition) is 1. The number of fused-ring (bicyclic) bond motifs is 1. The Morgan fingerprint density at radius 2 is 1.67 bits per heavy atom. The Bertz CT molecular complexity index is 983. The predicted octanol–water partition coefficient (Wildman–Crippen LogP) is 2.08. The maximum Gasteiger partial charge on any atom is 0.331 e. The van der Waals surface area contributed by atoms with Gasteiger partial charge in [0.25, 0.3) is 5.56 Å². The summed E-state index contributed by atoms with van der Waals surface area (Å²) in [5.41, 5.74) is 0.968. The van der Waals surface area contributed by atoms with Crippen molar-refractivity contribution >= 4 is 11.0 Å². The smallest absolute Gasteiger partial charge is 0.331 e. The summed E-state index contributed by atoms with van der Waals surface area (Å²) in [5, 5.41) is 10.6. The zero-order valence-electron chi connectivity index (χ0n) is 13.8. The predicted molar refractivity (Wildman–Crippen MR) is 91.5 cm³/mol. The number of aromatic nitrogens is 4. The Morgan fingerprint density at radius 3 is 2.29 bits per heavy atom. The molecule has 3 aromatic heterocycles. The summed E-state index contributed by atoms with van der Waals surface area (Å²) in [7, 11) is 0. The maximum absolute atomic E-state index is 12.7. The first-order valence-electron chi connectivity index (χ1n) is 8.08. The van der Waals surface area contributed by atoms with Crippen LogP contribution in [0.3, 0.4) is 0 Å². The van der Waals surface area contributed by atoms with Gasteiger partial charge >= 0.3 is 5.69 Å². The van der Waals surface area contributed by atoms with Gasteiger partial charge in [-0.05, 0) is 31.0 Å². The van der Waals surface area contributed by atoms with Gasteiger partial charge in [0.2, 0.25) is 0 Å². The lowest BCUT2D eigenvalue weighted by atomic mass is 10.2. The highest BCUT2D eigenvalue weighted by molar-refractivity contribution is 5.83. The number of hydrogen-bond acceptors (Lipinski definition) is 4. The van der Waals surface area contributed by atoms with Crippen LogP contribution in [0.25, 0.3) is 22.3 Å². The molecular formula is C17H20N4O3. The summed E-state index contributed by atoms with van der Waals surface area (Å²) in [6.07, 6.45) is 4.64. The molecule has 0 bridgehead atoms. The molecule has 7 nitrogen and oxygen atoms in total. The van der Waals surface area contributed by atoms with E-state index in [1.165, 1.54) is 4.57 Å². The van der Waals surface area contributed by atoms with Crippen molar-refractivity contribution in [2.45, 2.75) is 39.8 Å². The van der Waals surface area contributed by atoms with Gasteiger partial charge in [-0.2, -0.15) is 4.73 Å². The minimum absolute atomic E-state index is 0.128. The van der Waals surface area contributed by atoms with Crippen LogP contribution in [-0.2, 0) is 13.1 Å². The van der Waals surface area contributed by atoms with E-state index in [0.717, 1.165) is 16.7 Å². The van der Waals surface area contributed by atoms with Crippen molar-refractivity contribution in [2.75, 3.05) is 0 Å². The molecule has 0 atom stereocenters. The fourth-order valence-electron chi connectivity index (χ4n) is 2.95. The summed E-state index contributed by atoms with van der Waals surface area (Å²) < 4.78 is 3.63. The second kappa shape index (κ2) is 6.35.